The Kier molecular flexibility index (Phi) is 5.25. The highest BCUT2D eigenvalue weighted by atomic mass is 32.2. The van der Waals surface area contributed by atoms with Gasteiger partial charge in [-0.25, -0.2) is 0 Å². The number of rotatable bonds is 5. The van der Waals surface area contributed by atoms with Crippen molar-refractivity contribution in [2.24, 2.45) is 5.92 Å². The first-order valence-corrected chi connectivity index (χ1v) is 6.30. The molecule has 0 spiro atoms. The number of hydrogen-bond acceptors (Lipinski definition) is 4. The molecular formula is C11H17N3OS. The van der Waals surface area contributed by atoms with Gasteiger partial charge >= 0.3 is 0 Å². The molecule has 0 aliphatic carbocycles. The number of nitrogens with zero attached hydrogens (tertiary/aromatic N) is 2. The maximum atomic E-state index is 11.2. The summed E-state index contributed by atoms with van der Waals surface area (Å²) < 4.78 is 0. The zero-order valence-electron chi connectivity index (χ0n) is 9.86. The standard InChI is InChI=1S/C11H17N3OS/c1-8(2)6-7-16-10-5-4-9(13-14-10)11(15)12-3/h4-5,8H,6-7H2,1-3H3,(H,12,15). The zero-order chi connectivity index (χ0) is 12.0. The molecule has 5 heteroatoms. The maximum absolute atomic E-state index is 11.2. The summed E-state index contributed by atoms with van der Waals surface area (Å²) in [5.74, 6) is 1.53. The van der Waals surface area contributed by atoms with Crippen molar-refractivity contribution in [3.05, 3.63) is 17.8 Å². The van der Waals surface area contributed by atoms with Gasteiger partial charge in [0.2, 0.25) is 0 Å². The zero-order valence-corrected chi connectivity index (χ0v) is 10.7. The molecule has 0 saturated heterocycles. The average Bonchev–Trinajstić information content (AvgIpc) is 2.28. The predicted molar refractivity (Wildman–Crippen MR) is 65.6 cm³/mol. The van der Waals surface area contributed by atoms with E-state index in [1.165, 1.54) is 0 Å². The highest BCUT2D eigenvalue weighted by molar-refractivity contribution is 7.99. The van der Waals surface area contributed by atoms with Gasteiger partial charge in [0, 0.05) is 7.05 Å². The Bertz CT molecular complexity index is 338. The third-order valence-electron chi connectivity index (χ3n) is 2.04. The molecule has 88 valence electrons. The summed E-state index contributed by atoms with van der Waals surface area (Å²) in [5.41, 5.74) is 0.357. The summed E-state index contributed by atoms with van der Waals surface area (Å²) in [7, 11) is 1.58. The molecule has 0 aliphatic heterocycles. The second-order valence-electron chi connectivity index (χ2n) is 3.87. The molecule has 0 unspecified atom stereocenters. The molecule has 0 saturated carbocycles. The van der Waals surface area contributed by atoms with Crippen LogP contribution in [0.25, 0.3) is 0 Å². The Labute approximate surface area is 100 Å². The van der Waals surface area contributed by atoms with Crippen molar-refractivity contribution in [1.29, 1.82) is 0 Å². The first kappa shape index (κ1) is 13.0. The molecule has 1 rings (SSSR count). The van der Waals surface area contributed by atoms with Crippen molar-refractivity contribution in [3.8, 4) is 0 Å². The average molecular weight is 239 g/mol. The van der Waals surface area contributed by atoms with E-state index in [4.69, 9.17) is 0 Å². The molecule has 1 amide bonds. The number of carbonyl (C=O) groups is 1. The molecule has 1 heterocycles. The number of nitrogens with one attached hydrogen (secondary N) is 1. The number of carbonyl (C=O) groups excluding carboxylic acids is 1. The van der Waals surface area contributed by atoms with Crippen LogP contribution in [0.1, 0.15) is 30.8 Å². The van der Waals surface area contributed by atoms with Gasteiger partial charge in [0.25, 0.3) is 5.91 Å². The SMILES string of the molecule is CNC(=O)c1ccc(SCCC(C)C)nn1. The van der Waals surface area contributed by atoms with Crippen LogP contribution in [0.2, 0.25) is 0 Å². The van der Waals surface area contributed by atoms with E-state index in [-0.39, 0.29) is 5.91 Å². The van der Waals surface area contributed by atoms with Crippen LogP contribution in [0.3, 0.4) is 0 Å². The predicted octanol–water partition coefficient (Wildman–Crippen LogP) is 1.97. The van der Waals surface area contributed by atoms with Crippen LogP contribution in [0, 0.1) is 5.92 Å². The van der Waals surface area contributed by atoms with Gasteiger partial charge in [0.1, 0.15) is 5.03 Å². The molecule has 0 radical (unpaired) electrons. The van der Waals surface area contributed by atoms with E-state index in [0.717, 1.165) is 17.2 Å². The molecule has 1 aromatic rings. The fourth-order valence-electron chi connectivity index (χ4n) is 1.05. The second kappa shape index (κ2) is 6.48. The quantitative estimate of drug-likeness (QED) is 0.798. The van der Waals surface area contributed by atoms with Gasteiger partial charge in [0.15, 0.2) is 5.69 Å². The molecule has 16 heavy (non-hydrogen) atoms. The van der Waals surface area contributed by atoms with Crippen molar-refractivity contribution >= 4 is 17.7 Å². The molecule has 1 N–H and O–H groups in total. The number of thioether (sulfide) groups is 1. The third kappa shape index (κ3) is 4.18. The lowest BCUT2D eigenvalue weighted by molar-refractivity contribution is 0.0957. The largest absolute Gasteiger partial charge is 0.354 e. The minimum absolute atomic E-state index is 0.203. The Morgan fingerprint density at radius 2 is 2.19 bits per heavy atom. The van der Waals surface area contributed by atoms with E-state index in [1.54, 1.807) is 24.9 Å². The van der Waals surface area contributed by atoms with Crippen molar-refractivity contribution in [1.82, 2.24) is 15.5 Å². The van der Waals surface area contributed by atoms with Gasteiger partial charge in [-0.2, -0.15) is 0 Å². The fourth-order valence-corrected chi connectivity index (χ4v) is 2.11. The molecule has 1 aromatic heterocycles. The van der Waals surface area contributed by atoms with Crippen molar-refractivity contribution in [2.45, 2.75) is 25.3 Å². The number of amides is 1. The van der Waals surface area contributed by atoms with E-state index in [2.05, 4.69) is 29.4 Å². The van der Waals surface area contributed by atoms with Crippen LogP contribution in [-0.4, -0.2) is 28.9 Å². The fraction of sp³-hybridized carbons (Fsp3) is 0.545. The van der Waals surface area contributed by atoms with Crippen molar-refractivity contribution in [3.63, 3.8) is 0 Å². The van der Waals surface area contributed by atoms with Gasteiger partial charge in [0.05, 0.1) is 0 Å². The molecular weight excluding hydrogens is 222 g/mol. The van der Waals surface area contributed by atoms with Gasteiger partial charge in [-0.15, -0.1) is 22.0 Å². The van der Waals surface area contributed by atoms with Gasteiger partial charge in [-0.3, -0.25) is 4.79 Å². The first-order chi connectivity index (χ1) is 7.63. The van der Waals surface area contributed by atoms with Crippen LogP contribution >= 0.6 is 11.8 Å². The molecule has 0 atom stereocenters. The molecule has 0 aliphatic rings. The summed E-state index contributed by atoms with van der Waals surface area (Å²) >= 11 is 1.67. The summed E-state index contributed by atoms with van der Waals surface area (Å²) in [6, 6.07) is 3.53. The molecule has 0 bridgehead atoms. The highest BCUT2D eigenvalue weighted by Gasteiger charge is 2.05. The minimum Gasteiger partial charge on any atom is -0.354 e. The van der Waals surface area contributed by atoms with Crippen LogP contribution in [0.15, 0.2) is 17.2 Å². The molecule has 0 fully saturated rings. The Hall–Kier alpha value is -1.10. The lowest BCUT2D eigenvalue weighted by atomic mass is 10.2. The topological polar surface area (TPSA) is 54.9 Å². The lowest BCUT2D eigenvalue weighted by Crippen LogP contribution is -2.19. The Balaban J connectivity index is 2.48. The highest BCUT2D eigenvalue weighted by Crippen LogP contribution is 2.17. The Morgan fingerprint density at radius 3 is 2.69 bits per heavy atom. The van der Waals surface area contributed by atoms with Crippen LogP contribution < -0.4 is 5.32 Å². The number of hydrogen-bond donors (Lipinski definition) is 1. The second-order valence-corrected chi connectivity index (χ2v) is 4.98. The number of aromatic nitrogens is 2. The van der Waals surface area contributed by atoms with Crippen LogP contribution in [0.4, 0.5) is 0 Å². The van der Waals surface area contributed by atoms with Gasteiger partial charge in [-0.1, -0.05) is 13.8 Å². The summed E-state index contributed by atoms with van der Waals surface area (Å²) in [6.45, 7) is 4.39. The molecule has 0 aromatic carbocycles. The normalized spacial score (nSPS) is 10.5. The summed E-state index contributed by atoms with van der Waals surface area (Å²) in [5, 5.41) is 11.2. The smallest absolute Gasteiger partial charge is 0.271 e. The third-order valence-corrected chi connectivity index (χ3v) is 3.00. The van der Waals surface area contributed by atoms with Crippen LogP contribution in [0.5, 0.6) is 0 Å². The van der Waals surface area contributed by atoms with Gasteiger partial charge < -0.3 is 5.32 Å². The van der Waals surface area contributed by atoms with E-state index >= 15 is 0 Å². The summed E-state index contributed by atoms with van der Waals surface area (Å²) in [4.78, 5) is 11.2. The van der Waals surface area contributed by atoms with E-state index in [9.17, 15) is 4.79 Å². The lowest BCUT2D eigenvalue weighted by Gasteiger charge is -2.03. The monoisotopic (exact) mass is 239 g/mol. The Morgan fingerprint density at radius 1 is 1.44 bits per heavy atom. The van der Waals surface area contributed by atoms with E-state index in [1.807, 2.05) is 6.07 Å². The van der Waals surface area contributed by atoms with Gasteiger partial charge in [-0.05, 0) is 30.2 Å². The molecule has 4 nitrogen and oxygen atoms in total. The summed E-state index contributed by atoms with van der Waals surface area (Å²) in [6.07, 6.45) is 1.16. The van der Waals surface area contributed by atoms with Crippen molar-refractivity contribution in [2.75, 3.05) is 12.8 Å². The van der Waals surface area contributed by atoms with Crippen molar-refractivity contribution < 1.29 is 4.79 Å². The van der Waals surface area contributed by atoms with Crippen LogP contribution in [-0.2, 0) is 0 Å². The minimum atomic E-state index is -0.203. The van der Waals surface area contributed by atoms with E-state index in [0.29, 0.717) is 11.6 Å². The first-order valence-electron chi connectivity index (χ1n) is 5.32. The van der Waals surface area contributed by atoms with E-state index < -0.39 is 0 Å². The maximum Gasteiger partial charge on any atom is 0.271 e.